The molecule has 88 valence electrons. The summed E-state index contributed by atoms with van der Waals surface area (Å²) in [6.45, 7) is 6.59. The molecule has 0 spiro atoms. The molecule has 1 aromatic rings. The van der Waals surface area contributed by atoms with Crippen molar-refractivity contribution in [3.8, 4) is 0 Å². The first-order valence-electron chi connectivity index (χ1n) is 5.38. The normalized spacial score (nSPS) is 19.8. The van der Waals surface area contributed by atoms with Crippen LogP contribution in [0.4, 0.5) is 5.82 Å². The summed E-state index contributed by atoms with van der Waals surface area (Å²) >= 11 is 5.67. The van der Waals surface area contributed by atoms with Gasteiger partial charge in [-0.25, -0.2) is 0 Å². The molecule has 0 amide bonds. The Labute approximate surface area is 101 Å². The fourth-order valence-corrected chi connectivity index (χ4v) is 1.95. The topological polar surface area (TPSA) is 38.2 Å². The smallest absolute Gasteiger partial charge is 0.151 e. The first-order chi connectivity index (χ1) is 7.61. The minimum Gasteiger partial charge on any atom is -0.372 e. The van der Waals surface area contributed by atoms with E-state index in [1.165, 1.54) is 0 Å². The molecule has 0 aromatic carbocycles. The summed E-state index contributed by atoms with van der Waals surface area (Å²) in [5.41, 5.74) is 0.684. The Kier molecular flexibility index (Phi) is 3.30. The number of nitrogens with zero attached hydrogens (tertiary/aromatic N) is 3. The summed E-state index contributed by atoms with van der Waals surface area (Å²) in [6.07, 6.45) is 0. The molecule has 1 aliphatic heterocycles. The highest BCUT2D eigenvalue weighted by Crippen LogP contribution is 2.20. The molecule has 1 fully saturated rings. The molecule has 4 nitrogen and oxygen atoms in total. The van der Waals surface area contributed by atoms with E-state index in [1.54, 1.807) is 0 Å². The van der Waals surface area contributed by atoms with Crippen LogP contribution < -0.4 is 4.90 Å². The molecule has 2 rings (SSSR count). The Bertz CT molecular complexity index is 353. The molecule has 0 saturated carbocycles. The van der Waals surface area contributed by atoms with Crippen LogP contribution in [0.3, 0.4) is 0 Å². The van der Waals surface area contributed by atoms with Crippen molar-refractivity contribution in [2.75, 3.05) is 24.6 Å². The van der Waals surface area contributed by atoms with Gasteiger partial charge in [0.25, 0.3) is 0 Å². The average Bonchev–Trinajstić information content (AvgIpc) is 2.28. The summed E-state index contributed by atoms with van der Waals surface area (Å²) in [7, 11) is 0. The molecule has 5 heteroatoms. The number of ether oxygens (including phenoxy) is 1. The zero-order valence-corrected chi connectivity index (χ0v) is 10.4. The molecule has 1 aliphatic rings. The van der Waals surface area contributed by atoms with Gasteiger partial charge >= 0.3 is 0 Å². The van der Waals surface area contributed by atoms with Crippen molar-refractivity contribution >= 4 is 17.4 Å². The number of anilines is 1. The SMILES string of the molecule is CC1(C)CN(c2ccc(CCl)nn2)CCO1. The largest absolute Gasteiger partial charge is 0.372 e. The van der Waals surface area contributed by atoms with Crippen molar-refractivity contribution in [3.05, 3.63) is 17.8 Å². The van der Waals surface area contributed by atoms with Crippen LogP contribution in [-0.4, -0.2) is 35.5 Å². The maximum Gasteiger partial charge on any atom is 0.151 e. The van der Waals surface area contributed by atoms with Gasteiger partial charge < -0.3 is 9.64 Å². The molecule has 0 unspecified atom stereocenters. The third-order valence-corrected chi connectivity index (χ3v) is 2.87. The van der Waals surface area contributed by atoms with Crippen LogP contribution in [0.2, 0.25) is 0 Å². The minimum atomic E-state index is -0.120. The van der Waals surface area contributed by atoms with E-state index in [-0.39, 0.29) is 5.60 Å². The number of aromatic nitrogens is 2. The molecule has 16 heavy (non-hydrogen) atoms. The van der Waals surface area contributed by atoms with Crippen molar-refractivity contribution in [1.82, 2.24) is 10.2 Å². The molecule has 0 bridgehead atoms. The van der Waals surface area contributed by atoms with E-state index in [2.05, 4.69) is 28.9 Å². The standard InChI is InChI=1S/C11H16ClN3O/c1-11(2)8-15(5-6-16-11)10-4-3-9(7-12)13-14-10/h3-4H,5-8H2,1-2H3. The summed E-state index contributed by atoms with van der Waals surface area (Å²) in [6, 6.07) is 3.88. The molecule has 0 N–H and O–H groups in total. The molecule has 0 atom stereocenters. The molecule has 1 saturated heterocycles. The number of alkyl halides is 1. The summed E-state index contributed by atoms with van der Waals surface area (Å²) in [5, 5.41) is 8.23. The maximum absolute atomic E-state index is 5.67. The molecule has 2 heterocycles. The van der Waals surface area contributed by atoms with Crippen LogP contribution >= 0.6 is 11.6 Å². The number of hydrogen-bond acceptors (Lipinski definition) is 4. The van der Waals surface area contributed by atoms with Crippen LogP contribution in [0, 0.1) is 0 Å². The second-order valence-corrected chi connectivity index (χ2v) is 4.81. The average molecular weight is 242 g/mol. The van der Waals surface area contributed by atoms with E-state index in [4.69, 9.17) is 16.3 Å². The Morgan fingerprint density at radius 2 is 2.25 bits per heavy atom. The molecule has 0 radical (unpaired) electrons. The molecular formula is C11H16ClN3O. The first kappa shape index (κ1) is 11.6. The third kappa shape index (κ3) is 2.62. The number of halogens is 1. The summed E-state index contributed by atoms with van der Waals surface area (Å²) in [4.78, 5) is 2.19. The predicted octanol–water partition coefficient (Wildman–Crippen LogP) is 1.83. The Morgan fingerprint density at radius 3 is 2.81 bits per heavy atom. The van der Waals surface area contributed by atoms with E-state index in [0.717, 1.165) is 31.2 Å². The van der Waals surface area contributed by atoms with Crippen molar-refractivity contribution < 1.29 is 4.74 Å². The highest BCUT2D eigenvalue weighted by atomic mass is 35.5. The van der Waals surface area contributed by atoms with Crippen molar-refractivity contribution in [2.24, 2.45) is 0 Å². The van der Waals surface area contributed by atoms with Crippen molar-refractivity contribution in [3.63, 3.8) is 0 Å². The highest BCUT2D eigenvalue weighted by molar-refractivity contribution is 6.16. The van der Waals surface area contributed by atoms with Crippen LogP contribution in [0.25, 0.3) is 0 Å². The predicted molar refractivity (Wildman–Crippen MR) is 63.8 cm³/mol. The lowest BCUT2D eigenvalue weighted by Crippen LogP contribution is -2.48. The monoisotopic (exact) mass is 241 g/mol. The van der Waals surface area contributed by atoms with Crippen LogP contribution in [-0.2, 0) is 10.6 Å². The van der Waals surface area contributed by atoms with Crippen LogP contribution in [0.1, 0.15) is 19.5 Å². The second-order valence-electron chi connectivity index (χ2n) is 4.55. The number of rotatable bonds is 2. The molecule has 1 aromatic heterocycles. The van der Waals surface area contributed by atoms with Crippen LogP contribution in [0.5, 0.6) is 0 Å². The second kappa shape index (κ2) is 4.55. The van der Waals surface area contributed by atoms with E-state index in [0.29, 0.717) is 5.88 Å². The van der Waals surface area contributed by atoms with Crippen LogP contribution in [0.15, 0.2) is 12.1 Å². The van der Waals surface area contributed by atoms with Gasteiger partial charge in [0.1, 0.15) is 0 Å². The zero-order valence-electron chi connectivity index (χ0n) is 9.61. The van der Waals surface area contributed by atoms with E-state index >= 15 is 0 Å². The number of hydrogen-bond donors (Lipinski definition) is 0. The lowest BCUT2D eigenvalue weighted by atomic mass is 10.1. The summed E-state index contributed by atoms with van der Waals surface area (Å²) < 4.78 is 5.65. The molecular weight excluding hydrogens is 226 g/mol. The fraction of sp³-hybridized carbons (Fsp3) is 0.636. The van der Waals surface area contributed by atoms with Gasteiger partial charge in [-0.15, -0.1) is 16.7 Å². The fourth-order valence-electron chi connectivity index (χ4n) is 1.80. The Hall–Kier alpha value is -0.870. The Balaban J connectivity index is 2.11. The van der Waals surface area contributed by atoms with E-state index < -0.39 is 0 Å². The van der Waals surface area contributed by atoms with Gasteiger partial charge in [-0.3, -0.25) is 0 Å². The van der Waals surface area contributed by atoms with Gasteiger partial charge in [-0.2, -0.15) is 5.10 Å². The van der Waals surface area contributed by atoms with Gasteiger partial charge in [0.15, 0.2) is 5.82 Å². The van der Waals surface area contributed by atoms with Crippen molar-refractivity contribution in [2.45, 2.75) is 25.3 Å². The lowest BCUT2D eigenvalue weighted by Gasteiger charge is -2.38. The van der Waals surface area contributed by atoms with Crippen molar-refractivity contribution in [1.29, 1.82) is 0 Å². The quantitative estimate of drug-likeness (QED) is 0.741. The number of morpholine rings is 1. The van der Waals surface area contributed by atoms with E-state index in [1.807, 2.05) is 12.1 Å². The lowest BCUT2D eigenvalue weighted by molar-refractivity contribution is -0.0279. The Morgan fingerprint density at radius 1 is 1.44 bits per heavy atom. The van der Waals surface area contributed by atoms with Gasteiger partial charge in [0, 0.05) is 13.1 Å². The molecule has 0 aliphatic carbocycles. The van der Waals surface area contributed by atoms with E-state index in [9.17, 15) is 0 Å². The van der Waals surface area contributed by atoms with Gasteiger partial charge in [0.05, 0.1) is 23.8 Å². The third-order valence-electron chi connectivity index (χ3n) is 2.59. The first-order valence-corrected chi connectivity index (χ1v) is 5.92. The van der Waals surface area contributed by atoms with Gasteiger partial charge in [-0.05, 0) is 26.0 Å². The summed E-state index contributed by atoms with van der Waals surface area (Å²) in [5.74, 6) is 1.30. The highest BCUT2D eigenvalue weighted by Gasteiger charge is 2.27. The van der Waals surface area contributed by atoms with Gasteiger partial charge in [0.2, 0.25) is 0 Å². The van der Waals surface area contributed by atoms with Gasteiger partial charge in [-0.1, -0.05) is 0 Å². The maximum atomic E-state index is 5.67. The zero-order chi connectivity index (χ0) is 11.6. The minimum absolute atomic E-state index is 0.120.